The summed E-state index contributed by atoms with van der Waals surface area (Å²) in [6.45, 7) is 5.35. The van der Waals surface area contributed by atoms with Crippen molar-refractivity contribution >= 4 is 11.8 Å². The summed E-state index contributed by atoms with van der Waals surface area (Å²) in [5.41, 5.74) is 2.51. The Balaban J connectivity index is 1.73. The van der Waals surface area contributed by atoms with E-state index in [0.717, 1.165) is 11.1 Å². The van der Waals surface area contributed by atoms with Crippen LogP contribution in [0.3, 0.4) is 0 Å². The van der Waals surface area contributed by atoms with Gasteiger partial charge in [-0.1, -0.05) is 24.6 Å². The molecule has 2 aromatic carbocycles. The van der Waals surface area contributed by atoms with Crippen LogP contribution in [0.5, 0.6) is 11.5 Å². The molecule has 1 aliphatic rings. The number of ether oxygens (including phenoxy) is 2. The first kappa shape index (κ1) is 17.1. The van der Waals surface area contributed by atoms with Gasteiger partial charge in [-0.2, -0.15) is 0 Å². The first-order valence-corrected chi connectivity index (χ1v) is 8.13. The zero-order valence-electron chi connectivity index (χ0n) is 14.4. The van der Waals surface area contributed by atoms with Gasteiger partial charge in [0.05, 0.1) is 5.56 Å². The summed E-state index contributed by atoms with van der Waals surface area (Å²) < 4.78 is 24.7. The molecule has 25 heavy (non-hydrogen) atoms. The number of aryl methyl sites for hydroxylation is 2. The van der Waals surface area contributed by atoms with Crippen LogP contribution >= 0.6 is 0 Å². The highest BCUT2D eigenvalue weighted by atomic mass is 19.1. The summed E-state index contributed by atoms with van der Waals surface area (Å²) in [5.74, 6) is -0.815. The Hall–Kier alpha value is -2.69. The van der Waals surface area contributed by atoms with Crippen LogP contribution in [-0.2, 0) is 4.79 Å². The van der Waals surface area contributed by atoms with Gasteiger partial charge in [0, 0.05) is 12.0 Å². The molecule has 0 heterocycles. The van der Waals surface area contributed by atoms with E-state index in [1.54, 1.807) is 13.0 Å². The van der Waals surface area contributed by atoms with E-state index < -0.39 is 11.8 Å². The van der Waals surface area contributed by atoms with Crippen molar-refractivity contribution in [2.24, 2.45) is 0 Å². The summed E-state index contributed by atoms with van der Waals surface area (Å²) in [6, 6.07) is 8.17. The van der Waals surface area contributed by atoms with Gasteiger partial charge in [0.25, 0.3) is 0 Å². The Kier molecular flexibility index (Phi) is 4.57. The number of rotatable bonds is 4. The van der Waals surface area contributed by atoms with Crippen molar-refractivity contribution in [1.82, 2.24) is 0 Å². The van der Waals surface area contributed by atoms with Gasteiger partial charge in [-0.3, -0.25) is 4.79 Å². The molecule has 0 fully saturated rings. The lowest BCUT2D eigenvalue weighted by Gasteiger charge is -2.12. The molecular weight excluding hydrogens is 323 g/mol. The van der Waals surface area contributed by atoms with Crippen LogP contribution in [0.4, 0.5) is 4.39 Å². The van der Waals surface area contributed by atoms with Crippen LogP contribution in [-0.4, -0.2) is 18.4 Å². The maximum atomic E-state index is 14.0. The lowest BCUT2D eigenvalue weighted by atomic mass is 10.0. The highest BCUT2D eigenvalue weighted by Gasteiger charge is 2.33. The van der Waals surface area contributed by atoms with Crippen molar-refractivity contribution in [2.45, 2.75) is 33.1 Å². The van der Waals surface area contributed by atoms with Crippen LogP contribution in [0, 0.1) is 19.7 Å². The van der Waals surface area contributed by atoms with Gasteiger partial charge in [-0.15, -0.1) is 0 Å². The maximum Gasteiger partial charge on any atom is 0.349 e. The van der Waals surface area contributed by atoms with Crippen molar-refractivity contribution in [3.05, 3.63) is 58.4 Å². The predicted molar refractivity (Wildman–Crippen MR) is 90.8 cm³/mol. The first-order chi connectivity index (χ1) is 11.9. The molecule has 0 saturated carbocycles. The molecule has 0 aliphatic heterocycles. The lowest BCUT2D eigenvalue weighted by Crippen LogP contribution is -2.19. The number of carbonyl (C=O) groups excluding carboxylic acids is 2. The van der Waals surface area contributed by atoms with Crippen molar-refractivity contribution in [2.75, 3.05) is 6.61 Å². The topological polar surface area (TPSA) is 52.6 Å². The second kappa shape index (κ2) is 6.67. The van der Waals surface area contributed by atoms with Crippen molar-refractivity contribution in [3.8, 4) is 11.5 Å². The fourth-order valence-corrected chi connectivity index (χ4v) is 3.16. The first-order valence-electron chi connectivity index (χ1n) is 8.13. The third kappa shape index (κ3) is 3.40. The van der Waals surface area contributed by atoms with E-state index in [1.165, 1.54) is 12.1 Å². The van der Waals surface area contributed by atoms with Crippen LogP contribution in [0.15, 0.2) is 30.3 Å². The average molecular weight is 342 g/mol. The molecular formula is C20H19FO4. The highest BCUT2D eigenvalue weighted by Crippen LogP contribution is 2.39. The van der Waals surface area contributed by atoms with Crippen LogP contribution in [0.25, 0.3) is 0 Å². The van der Waals surface area contributed by atoms with Crippen molar-refractivity contribution in [1.29, 1.82) is 0 Å². The van der Waals surface area contributed by atoms with E-state index in [1.807, 2.05) is 26.0 Å². The molecule has 2 aromatic rings. The third-order valence-electron chi connectivity index (χ3n) is 4.32. The number of fused-ring (bicyclic) bond motifs is 1. The smallest absolute Gasteiger partial charge is 0.349 e. The fourth-order valence-electron chi connectivity index (χ4n) is 3.16. The second-order valence-electron chi connectivity index (χ2n) is 6.39. The Morgan fingerprint density at radius 3 is 2.64 bits per heavy atom. The molecule has 1 atom stereocenters. The molecule has 0 aromatic heterocycles. The third-order valence-corrected chi connectivity index (χ3v) is 4.32. The van der Waals surface area contributed by atoms with Crippen LogP contribution < -0.4 is 9.47 Å². The van der Waals surface area contributed by atoms with E-state index in [-0.39, 0.29) is 36.0 Å². The average Bonchev–Trinajstić information content (AvgIpc) is 2.85. The Morgan fingerprint density at radius 2 is 1.92 bits per heavy atom. The Labute approximate surface area is 145 Å². The van der Waals surface area contributed by atoms with Gasteiger partial charge in [-0.05, 0) is 43.5 Å². The minimum atomic E-state index is -0.638. The molecule has 1 unspecified atom stereocenters. The zero-order chi connectivity index (χ0) is 18.1. The largest absolute Gasteiger partial charge is 0.482 e. The van der Waals surface area contributed by atoms with Gasteiger partial charge in [-0.25, -0.2) is 9.18 Å². The van der Waals surface area contributed by atoms with E-state index in [9.17, 15) is 14.0 Å². The number of hydrogen-bond donors (Lipinski definition) is 0. The van der Waals surface area contributed by atoms with Crippen LogP contribution in [0.2, 0.25) is 0 Å². The summed E-state index contributed by atoms with van der Waals surface area (Å²) in [7, 11) is 0. The van der Waals surface area contributed by atoms with Gasteiger partial charge < -0.3 is 9.47 Å². The summed E-state index contributed by atoms with van der Waals surface area (Å²) >= 11 is 0. The lowest BCUT2D eigenvalue weighted by molar-refractivity contribution is -0.136. The summed E-state index contributed by atoms with van der Waals surface area (Å²) in [5, 5.41) is 0. The molecule has 0 N–H and O–H groups in total. The SMILES string of the molecule is Cc1ccc(OCC(=O)Oc2ccc(F)c3c2C(=O)CC3C)c(C)c1. The molecule has 3 rings (SSSR count). The molecule has 0 spiro atoms. The molecule has 4 nitrogen and oxygen atoms in total. The minimum Gasteiger partial charge on any atom is -0.482 e. The molecule has 0 amide bonds. The van der Waals surface area contributed by atoms with Gasteiger partial charge in [0.2, 0.25) is 0 Å². The summed E-state index contributed by atoms with van der Waals surface area (Å²) in [6.07, 6.45) is 0.222. The Morgan fingerprint density at radius 1 is 1.20 bits per heavy atom. The Bertz CT molecular complexity index is 857. The van der Waals surface area contributed by atoms with E-state index in [2.05, 4.69) is 0 Å². The normalized spacial score (nSPS) is 15.8. The molecule has 5 heteroatoms. The number of Topliss-reactive ketones (excluding diaryl/α,β-unsaturated/α-hetero) is 1. The highest BCUT2D eigenvalue weighted by molar-refractivity contribution is 6.04. The maximum absolute atomic E-state index is 14.0. The quantitative estimate of drug-likeness (QED) is 0.620. The van der Waals surface area contributed by atoms with E-state index in [4.69, 9.17) is 9.47 Å². The monoisotopic (exact) mass is 342 g/mol. The number of halogens is 1. The molecule has 1 aliphatic carbocycles. The summed E-state index contributed by atoms with van der Waals surface area (Å²) in [4.78, 5) is 24.2. The number of carbonyl (C=O) groups is 2. The van der Waals surface area contributed by atoms with Gasteiger partial charge in [0.15, 0.2) is 12.4 Å². The van der Waals surface area contributed by atoms with E-state index >= 15 is 0 Å². The zero-order valence-corrected chi connectivity index (χ0v) is 14.4. The van der Waals surface area contributed by atoms with Crippen LogP contribution in [0.1, 0.15) is 46.3 Å². The number of ketones is 1. The molecule has 0 bridgehead atoms. The molecule has 0 saturated heterocycles. The molecule has 130 valence electrons. The van der Waals surface area contributed by atoms with Crippen molar-refractivity contribution in [3.63, 3.8) is 0 Å². The van der Waals surface area contributed by atoms with Crippen molar-refractivity contribution < 1.29 is 23.5 Å². The number of benzene rings is 2. The van der Waals surface area contributed by atoms with Gasteiger partial charge in [0.1, 0.15) is 17.3 Å². The van der Waals surface area contributed by atoms with Gasteiger partial charge >= 0.3 is 5.97 Å². The fraction of sp³-hybridized carbons (Fsp3) is 0.300. The van der Waals surface area contributed by atoms with E-state index in [0.29, 0.717) is 11.3 Å². The standard InChI is InChI=1S/C20H19FO4/c1-11-4-6-16(12(2)8-11)24-10-18(23)25-17-7-5-14(21)19-13(3)9-15(22)20(17)19/h4-8,13H,9-10H2,1-3H3. The number of hydrogen-bond acceptors (Lipinski definition) is 4. The second-order valence-corrected chi connectivity index (χ2v) is 6.39. The minimum absolute atomic E-state index is 0.0972. The predicted octanol–water partition coefficient (Wildman–Crippen LogP) is 4.12. The number of esters is 1. The molecule has 0 radical (unpaired) electrons.